The molecule has 112 valence electrons. The van der Waals surface area contributed by atoms with Gasteiger partial charge in [0.05, 0.1) is 0 Å². The van der Waals surface area contributed by atoms with Crippen LogP contribution in [-0.4, -0.2) is 10.9 Å². The lowest BCUT2D eigenvalue weighted by molar-refractivity contribution is -0.987. The van der Waals surface area contributed by atoms with Gasteiger partial charge in [-0.3, -0.25) is 0 Å². The Morgan fingerprint density at radius 1 is 0.864 bits per heavy atom. The SMILES string of the molecule is CC1=C(C)[NH+](OCc2ccccc2)C=[N+]1Cc1ccccc1. The number of nitrogens with one attached hydrogen (secondary N) is 1. The molecule has 3 rings (SSSR count). The number of rotatable bonds is 5. The second kappa shape index (κ2) is 6.69. The van der Waals surface area contributed by atoms with Crippen molar-refractivity contribution in [3.8, 4) is 0 Å². The zero-order chi connectivity index (χ0) is 15.4. The van der Waals surface area contributed by atoms with Crippen molar-refractivity contribution in [2.75, 3.05) is 0 Å². The van der Waals surface area contributed by atoms with E-state index in [-0.39, 0.29) is 0 Å². The summed E-state index contributed by atoms with van der Waals surface area (Å²) in [6.45, 7) is 5.75. The molecule has 1 N–H and O–H groups in total. The number of benzene rings is 2. The minimum atomic E-state index is 0.608. The highest BCUT2D eigenvalue weighted by Gasteiger charge is 2.32. The number of hydroxylamine groups is 2. The van der Waals surface area contributed by atoms with Gasteiger partial charge in [0.2, 0.25) is 11.4 Å². The lowest BCUT2D eigenvalue weighted by Crippen LogP contribution is -3.07. The third kappa shape index (κ3) is 3.32. The quantitative estimate of drug-likeness (QED) is 0.838. The maximum Gasteiger partial charge on any atom is 0.368 e. The minimum Gasteiger partial charge on any atom is -0.185 e. The molecule has 1 aliphatic rings. The second-order valence-electron chi connectivity index (χ2n) is 5.59. The molecule has 0 fully saturated rings. The minimum absolute atomic E-state index is 0.608. The zero-order valence-electron chi connectivity index (χ0n) is 13.1. The van der Waals surface area contributed by atoms with Gasteiger partial charge < -0.3 is 0 Å². The first-order valence-corrected chi connectivity index (χ1v) is 7.61. The normalized spacial score (nSPS) is 17.7. The summed E-state index contributed by atoms with van der Waals surface area (Å²) in [6.07, 6.45) is 2.11. The summed E-state index contributed by atoms with van der Waals surface area (Å²) in [4.78, 5) is 6.00. The van der Waals surface area contributed by atoms with Gasteiger partial charge in [-0.15, -0.1) is 4.58 Å². The van der Waals surface area contributed by atoms with E-state index in [4.69, 9.17) is 4.84 Å². The average molecular weight is 294 g/mol. The summed E-state index contributed by atoms with van der Waals surface area (Å²) in [7, 11) is 0. The molecular weight excluding hydrogens is 272 g/mol. The van der Waals surface area contributed by atoms with Crippen LogP contribution in [0.5, 0.6) is 0 Å². The number of hydrogen-bond acceptors (Lipinski definition) is 1. The van der Waals surface area contributed by atoms with E-state index in [2.05, 4.69) is 61.2 Å². The lowest BCUT2D eigenvalue weighted by Gasteiger charge is -2.05. The van der Waals surface area contributed by atoms with Gasteiger partial charge in [-0.1, -0.05) is 65.7 Å². The molecule has 0 saturated heterocycles. The van der Waals surface area contributed by atoms with E-state index >= 15 is 0 Å². The summed E-state index contributed by atoms with van der Waals surface area (Å²) in [6, 6.07) is 20.8. The zero-order valence-corrected chi connectivity index (χ0v) is 13.1. The van der Waals surface area contributed by atoms with E-state index in [9.17, 15) is 0 Å². The number of quaternary nitrogens is 1. The van der Waals surface area contributed by atoms with Crippen molar-refractivity contribution in [2.24, 2.45) is 0 Å². The van der Waals surface area contributed by atoms with Gasteiger partial charge in [0, 0.05) is 19.4 Å². The Balaban J connectivity index is 1.68. The molecule has 2 aromatic rings. The Bertz CT molecular complexity index is 690. The highest BCUT2D eigenvalue weighted by Crippen LogP contribution is 2.09. The molecule has 0 bridgehead atoms. The maximum absolute atomic E-state index is 6.00. The maximum atomic E-state index is 6.00. The van der Waals surface area contributed by atoms with Crippen LogP contribution in [-0.2, 0) is 18.0 Å². The molecule has 0 spiro atoms. The number of hydrogen-bond donors (Lipinski definition) is 1. The molecule has 3 heteroatoms. The van der Waals surface area contributed by atoms with Crippen LogP contribution in [0, 0.1) is 0 Å². The van der Waals surface area contributed by atoms with E-state index in [1.54, 1.807) is 0 Å². The van der Waals surface area contributed by atoms with Gasteiger partial charge in [0.25, 0.3) is 0 Å². The summed E-state index contributed by atoms with van der Waals surface area (Å²) in [5.41, 5.74) is 4.96. The topological polar surface area (TPSA) is 16.7 Å². The molecule has 1 aliphatic heterocycles. The summed E-state index contributed by atoms with van der Waals surface area (Å²) in [5, 5.41) is 0.970. The first-order valence-electron chi connectivity index (χ1n) is 7.61. The number of allylic oxidation sites excluding steroid dienone is 2. The molecule has 0 aromatic heterocycles. The van der Waals surface area contributed by atoms with E-state index in [1.807, 2.05) is 24.3 Å². The van der Waals surface area contributed by atoms with Gasteiger partial charge in [0.15, 0.2) is 6.54 Å². The van der Waals surface area contributed by atoms with Crippen molar-refractivity contribution < 1.29 is 14.5 Å². The third-order valence-corrected chi connectivity index (χ3v) is 4.05. The van der Waals surface area contributed by atoms with Crippen molar-refractivity contribution in [1.29, 1.82) is 0 Å². The fourth-order valence-corrected chi connectivity index (χ4v) is 2.55. The van der Waals surface area contributed by atoms with Crippen molar-refractivity contribution in [1.82, 2.24) is 0 Å². The van der Waals surface area contributed by atoms with Crippen LogP contribution in [0.3, 0.4) is 0 Å². The summed E-state index contributed by atoms with van der Waals surface area (Å²) >= 11 is 0. The predicted molar refractivity (Wildman–Crippen MR) is 87.0 cm³/mol. The lowest BCUT2D eigenvalue weighted by atomic mass is 10.2. The second-order valence-corrected chi connectivity index (χ2v) is 5.59. The molecule has 1 heterocycles. The van der Waals surface area contributed by atoms with Crippen LogP contribution in [0.4, 0.5) is 0 Å². The van der Waals surface area contributed by atoms with Gasteiger partial charge >= 0.3 is 6.34 Å². The largest absolute Gasteiger partial charge is 0.368 e. The van der Waals surface area contributed by atoms with Crippen molar-refractivity contribution >= 4 is 6.34 Å². The molecule has 0 aliphatic carbocycles. The fraction of sp³-hybridized carbons (Fsp3) is 0.211. The molecule has 2 aromatic carbocycles. The molecule has 1 unspecified atom stereocenters. The summed E-state index contributed by atoms with van der Waals surface area (Å²) in [5.74, 6) is 0. The van der Waals surface area contributed by atoms with Crippen molar-refractivity contribution in [3.05, 3.63) is 83.2 Å². The Hall–Kier alpha value is -2.23. The number of nitrogens with zero attached hydrogens (tertiary/aromatic N) is 1. The molecule has 0 radical (unpaired) electrons. The molecule has 3 nitrogen and oxygen atoms in total. The highest BCUT2D eigenvalue weighted by molar-refractivity contribution is 5.41. The van der Waals surface area contributed by atoms with Crippen LogP contribution in [0.1, 0.15) is 25.0 Å². The Morgan fingerprint density at radius 2 is 1.45 bits per heavy atom. The first kappa shape index (κ1) is 14.7. The van der Waals surface area contributed by atoms with Gasteiger partial charge in [0.1, 0.15) is 6.61 Å². The smallest absolute Gasteiger partial charge is 0.185 e. The Kier molecular flexibility index (Phi) is 4.47. The van der Waals surface area contributed by atoms with Crippen molar-refractivity contribution in [2.45, 2.75) is 27.0 Å². The van der Waals surface area contributed by atoms with Crippen LogP contribution in [0.15, 0.2) is 72.1 Å². The van der Waals surface area contributed by atoms with Crippen molar-refractivity contribution in [3.63, 3.8) is 0 Å². The third-order valence-electron chi connectivity index (χ3n) is 4.05. The molecule has 1 atom stereocenters. The van der Waals surface area contributed by atoms with E-state index in [0.29, 0.717) is 6.61 Å². The van der Waals surface area contributed by atoms with Gasteiger partial charge in [-0.25, -0.2) is 0 Å². The van der Waals surface area contributed by atoms with E-state index < -0.39 is 0 Å². The van der Waals surface area contributed by atoms with E-state index in [0.717, 1.165) is 11.6 Å². The fourth-order valence-electron chi connectivity index (χ4n) is 2.55. The molecular formula is C19H22N2O+2. The standard InChI is InChI=1S/C19H21N2O/c1-16-17(2)21(22-14-19-11-7-4-8-12-19)15-20(16)13-18-9-5-3-6-10-18/h3-12,15H,13-14H2,1-2H3/q+1/p+1. The van der Waals surface area contributed by atoms with Gasteiger partial charge in [-0.05, 0) is 5.56 Å². The average Bonchev–Trinajstić information content (AvgIpc) is 2.83. The van der Waals surface area contributed by atoms with Crippen LogP contribution in [0.25, 0.3) is 0 Å². The highest BCUT2D eigenvalue weighted by atomic mass is 16.7. The molecule has 22 heavy (non-hydrogen) atoms. The predicted octanol–water partition coefficient (Wildman–Crippen LogP) is 2.51. The summed E-state index contributed by atoms with van der Waals surface area (Å²) < 4.78 is 2.25. The molecule has 0 saturated carbocycles. The molecule has 0 amide bonds. The first-order chi connectivity index (χ1) is 10.7. The Morgan fingerprint density at radius 3 is 2.09 bits per heavy atom. The van der Waals surface area contributed by atoms with Crippen LogP contribution in [0.2, 0.25) is 0 Å². The van der Waals surface area contributed by atoms with Crippen LogP contribution < -0.4 is 5.06 Å². The Labute approximate surface area is 131 Å². The van der Waals surface area contributed by atoms with E-state index in [1.165, 1.54) is 22.5 Å². The van der Waals surface area contributed by atoms with Crippen LogP contribution >= 0.6 is 0 Å². The monoisotopic (exact) mass is 294 g/mol. The van der Waals surface area contributed by atoms with Gasteiger partial charge in [-0.2, -0.15) is 4.84 Å².